The van der Waals surface area contributed by atoms with Crippen molar-refractivity contribution in [3.8, 4) is 0 Å². The number of hydrazine groups is 1. The third-order valence-electron chi connectivity index (χ3n) is 0.0589. The Balaban J connectivity index is 0. The summed E-state index contributed by atoms with van der Waals surface area (Å²) in [7, 11) is 0. The molecule has 0 atom stereocenters. The van der Waals surface area contributed by atoms with E-state index in [2.05, 4.69) is 5.84 Å². The predicted octanol–water partition coefficient (Wildman–Crippen LogP) is -4.48. The minimum Gasteiger partial charge on any atom is -0.519 e. The summed E-state index contributed by atoms with van der Waals surface area (Å²) in [6.45, 7) is 0. The van der Waals surface area contributed by atoms with Gasteiger partial charge in [0, 0.05) is 0 Å². The standard InChI is InChI=1S/CH3N2O.Li/c2-3-1-4;/h2H2,(H,3,4);/q-1;+1. The van der Waals surface area contributed by atoms with Crippen LogP contribution in [-0.4, -0.2) is 6.41 Å². The van der Waals surface area contributed by atoms with E-state index >= 15 is 0 Å². The summed E-state index contributed by atoms with van der Waals surface area (Å²) in [5.41, 5.74) is 1.62. The summed E-state index contributed by atoms with van der Waals surface area (Å²) in [5, 5.41) is 0. The zero-order chi connectivity index (χ0) is 3.41. The van der Waals surface area contributed by atoms with Crippen LogP contribution in [0.25, 0.3) is 0 Å². The average Bonchev–Trinajstić information content (AvgIpc) is 1.37. The zero-order valence-electron chi connectivity index (χ0n) is 2.99. The molecule has 0 radical (unpaired) electrons. The third kappa shape index (κ3) is 15.7. The van der Waals surface area contributed by atoms with E-state index in [0.29, 0.717) is 0 Å². The molecular formula is CH3LiN2O. The largest absolute Gasteiger partial charge is 1.00 e. The SMILES string of the molecule is NN[C-]=O.[Li+]. The molecule has 0 bridgehead atoms. The first-order valence-corrected chi connectivity index (χ1v) is 0.743. The summed E-state index contributed by atoms with van der Waals surface area (Å²) in [4.78, 5) is 8.81. The normalized spacial score (nSPS) is 4.20. The van der Waals surface area contributed by atoms with Crippen molar-refractivity contribution < 1.29 is 23.7 Å². The van der Waals surface area contributed by atoms with Crippen LogP contribution in [0, 0.1) is 0 Å². The van der Waals surface area contributed by atoms with E-state index in [0.717, 1.165) is 0 Å². The number of carbonyl (C=O) groups excluding carboxylic acids is 1. The number of hydrogen-bond donors (Lipinski definition) is 2. The van der Waals surface area contributed by atoms with Crippen molar-refractivity contribution in [3.63, 3.8) is 0 Å². The Morgan fingerprint density at radius 2 is 2.00 bits per heavy atom. The number of hydrogen-bond acceptors (Lipinski definition) is 2. The van der Waals surface area contributed by atoms with Gasteiger partial charge in [-0.3, -0.25) is 5.84 Å². The molecule has 3 nitrogen and oxygen atoms in total. The quantitative estimate of drug-likeness (QED) is 0.0809. The van der Waals surface area contributed by atoms with Crippen molar-refractivity contribution in [2.75, 3.05) is 0 Å². The van der Waals surface area contributed by atoms with Gasteiger partial charge in [0.25, 0.3) is 0 Å². The van der Waals surface area contributed by atoms with Gasteiger partial charge in [-0.05, 0) is 0 Å². The maximum absolute atomic E-state index is 8.81. The minimum atomic E-state index is 0. The molecule has 0 aromatic heterocycles. The van der Waals surface area contributed by atoms with E-state index in [9.17, 15) is 0 Å². The maximum atomic E-state index is 8.81. The van der Waals surface area contributed by atoms with Gasteiger partial charge in [0.05, 0.1) is 0 Å². The Morgan fingerprint density at radius 3 is 2.00 bits per heavy atom. The predicted molar refractivity (Wildman–Crippen MR) is 13.0 cm³/mol. The Bertz CT molecular complexity index is 23.6. The van der Waals surface area contributed by atoms with Crippen molar-refractivity contribution in [3.05, 3.63) is 0 Å². The van der Waals surface area contributed by atoms with E-state index in [4.69, 9.17) is 4.79 Å². The van der Waals surface area contributed by atoms with Gasteiger partial charge < -0.3 is 10.2 Å². The van der Waals surface area contributed by atoms with E-state index in [1.54, 1.807) is 5.43 Å². The van der Waals surface area contributed by atoms with Crippen molar-refractivity contribution in [2.45, 2.75) is 0 Å². The summed E-state index contributed by atoms with van der Waals surface area (Å²) >= 11 is 0. The molecule has 0 aliphatic rings. The van der Waals surface area contributed by atoms with Crippen LogP contribution in [0.15, 0.2) is 0 Å². The number of nitrogens with one attached hydrogen (secondary N) is 1. The fourth-order valence-corrected chi connectivity index (χ4v) is 0. The molecule has 0 saturated heterocycles. The summed E-state index contributed by atoms with van der Waals surface area (Å²) in [6.07, 6.45) is 1.21. The van der Waals surface area contributed by atoms with Crippen LogP contribution in [0.1, 0.15) is 0 Å². The van der Waals surface area contributed by atoms with E-state index < -0.39 is 0 Å². The van der Waals surface area contributed by atoms with Gasteiger partial charge >= 0.3 is 18.9 Å². The average molecular weight is 66.0 g/mol. The van der Waals surface area contributed by atoms with E-state index in [1.165, 1.54) is 6.41 Å². The molecule has 0 spiro atoms. The molecule has 1 amide bonds. The van der Waals surface area contributed by atoms with Crippen LogP contribution in [0.2, 0.25) is 0 Å². The first-order chi connectivity index (χ1) is 1.91. The Hall–Kier alpha value is 0.0274. The molecular weight excluding hydrogens is 63.0 g/mol. The van der Waals surface area contributed by atoms with Crippen molar-refractivity contribution in [1.29, 1.82) is 0 Å². The molecule has 0 fully saturated rings. The van der Waals surface area contributed by atoms with Gasteiger partial charge in [-0.1, -0.05) is 0 Å². The molecule has 0 unspecified atom stereocenters. The maximum Gasteiger partial charge on any atom is 1.00 e. The zero-order valence-corrected chi connectivity index (χ0v) is 2.99. The van der Waals surface area contributed by atoms with Crippen LogP contribution < -0.4 is 30.1 Å². The molecule has 0 rings (SSSR count). The van der Waals surface area contributed by atoms with Crippen LogP contribution in [0.4, 0.5) is 0 Å². The van der Waals surface area contributed by atoms with Gasteiger partial charge in [-0.25, -0.2) is 0 Å². The number of rotatable bonds is 1. The molecule has 0 heterocycles. The number of amides is 1. The van der Waals surface area contributed by atoms with Gasteiger partial charge in [0.1, 0.15) is 0 Å². The molecule has 4 heteroatoms. The van der Waals surface area contributed by atoms with Gasteiger partial charge in [-0.15, -0.1) is 0 Å². The van der Waals surface area contributed by atoms with Crippen LogP contribution >= 0.6 is 0 Å². The molecule has 0 aromatic rings. The molecule has 0 aliphatic heterocycles. The Labute approximate surface area is 42.1 Å². The number of nitrogens with two attached hydrogens (primary N) is 1. The molecule has 0 aromatic carbocycles. The second kappa shape index (κ2) is 8.98. The molecule has 0 saturated carbocycles. The second-order valence-electron chi connectivity index (χ2n) is 0.246. The van der Waals surface area contributed by atoms with Gasteiger partial charge in [0.2, 0.25) is 0 Å². The van der Waals surface area contributed by atoms with Crippen molar-refractivity contribution in [1.82, 2.24) is 5.43 Å². The van der Waals surface area contributed by atoms with Gasteiger partial charge in [0.15, 0.2) is 0 Å². The minimum absolute atomic E-state index is 0. The first-order valence-electron chi connectivity index (χ1n) is 0.743. The molecule has 5 heavy (non-hydrogen) atoms. The summed E-state index contributed by atoms with van der Waals surface area (Å²) < 4.78 is 0. The monoisotopic (exact) mass is 66.0 g/mol. The second-order valence-corrected chi connectivity index (χ2v) is 0.246. The molecule has 24 valence electrons. The smallest absolute Gasteiger partial charge is 0.519 e. The van der Waals surface area contributed by atoms with Crippen LogP contribution in [0.3, 0.4) is 0 Å². The van der Waals surface area contributed by atoms with Crippen LogP contribution in [-0.2, 0) is 4.79 Å². The Morgan fingerprint density at radius 1 is 1.80 bits per heavy atom. The fraction of sp³-hybridized carbons (Fsp3) is 0. The molecule has 3 N–H and O–H groups in total. The topological polar surface area (TPSA) is 55.1 Å². The van der Waals surface area contributed by atoms with E-state index in [-0.39, 0.29) is 18.9 Å². The summed E-state index contributed by atoms with van der Waals surface area (Å²) in [6, 6.07) is 0. The fourth-order valence-electron chi connectivity index (χ4n) is 0. The van der Waals surface area contributed by atoms with Crippen molar-refractivity contribution in [2.24, 2.45) is 5.84 Å². The van der Waals surface area contributed by atoms with Crippen molar-refractivity contribution >= 4 is 6.41 Å². The molecule has 0 aliphatic carbocycles. The van der Waals surface area contributed by atoms with Crippen LogP contribution in [0.5, 0.6) is 0 Å². The first kappa shape index (κ1) is 8.90. The van der Waals surface area contributed by atoms with Gasteiger partial charge in [-0.2, -0.15) is 6.41 Å². The Kier molecular flexibility index (Phi) is 16.0. The van der Waals surface area contributed by atoms with E-state index in [1.807, 2.05) is 0 Å². The third-order valence-corrected chi connectivity index (χ3v) is 0.0589. The summed E-state index contributed by atoms with van der Waals surface area (Å²) in [5.74, 6) is 4.35.